The molecule has 0 fully saturated rings. The molecule has 9 aromatic carbocycles. The van der Waals surface area contributed by atoms with E-state index < -0.39 is 24.1 Å². The van der Waals surface area contributed by atoms with Crippen molar-refractivity contribution in [1.82, 2.24) is 0 Å². The number of phosphoric ester groups is 1. The van der Waals surface area contributed by atoms with E-state index in [0.29, 0.717) is 53.4 Å². The number of rotatable bonds is 18. The maximum Gasteiger partial charge on any atom is 0.647 e. The summed E-state index contributed by atoms with van der Waals surface area (Å²) in [5, 5.41) is 0. The van der Waals surface area contributed by atoms with Gasteiger partial charge in [-0.15, -0.1) is 0 Å². The summed E-state index contributed by atoms with van der Waals surface area (Å²) in [7, 11) is -4.50. The molecule has 0 aliphatic rings. The lowest BCUT2D eigenvalue weighted by Gasteiger charge is -2.32. The van der Waals surface area contributed by atoms with E-state index in [2.05, 4.69) is 57.2 Å². The van der Waals surface area contributed by atoms with E-state index in [1.165, 1.54) is 0 Å². The number of benzene rings is 9. The van der Waals surface area contributed by atoms with Crippen LogP contribution in [0.3, 0.4) is 0 Å². The lowest BCUT2D eigenvalue weighted by atomic mass is 9.72. The van der Waals surface area contributed by atoms with Crippen molar-refractivity contribution in [1.29, 1.82) is 0 Å². The molecule has 0 bridgehead atoms. The van der Waals surface area contributed by atoms with Crippen molar-refractivity contribution in [3.63, 3.8) is 0 Å². The van der Waals surface area contributed by atoms with Gasteiger partial charge in [0.2, 0.25) is 0 Å². The van der Waals surface area contributed by atoms with Crippen molar-refractivity contribution >= 4 is 41.9 Å². The van der Waals surface area contributed by atoms with Gasteiger partial charge in [0.05, 0.1) is 0 Å². The van der Waals surface area contributed by atoms with Crippen LogP contribution < -0.4 is 48.0 Å². The minimum Gasteiger partial charge on any atom is -0.399 e. The summed E-state index contributed by atoms with van der Waals surface area (Å²) in [5.41, 5.74) is 48.8. The smallest absolute Gasteiger partial charge is 0.399 e. The van der Waals surface area contributed by atoms with Crippen molar-refractivity contribution < 1.29 is 18.1 Å². The van der Waals surface area contributed by atoms with E-state index in [0.717, 1.165) is 50.1 Å². The Bertz CT molecular complexity index is 2990. The first-order chi connectivity index (χ1) is 35.5. The zero-order valence-corrected chi connectivity index (χ0v) is 42.8. The molecule has 0 saturated carbocycles. The minimum absolute atomic E-state index is 0.288. The number of hydrogen-bond donors (Lipinski definition) is 6. The van der Waals surface area contributed by atoms with Crippen LogP contribution in [0.4, 0.5) is 34.1 Å². The van der Waals surface area contributed by atoms with E-state index >= 15 is 4.57 Å². The standard InChI is InChI=1S/C63H63N6O4P/c1-61(46-10-28-55(67)29-11-46,40-43-4-22-52(64)23-5-43)49-16-34-58(35-17-49)71-74(70,72-59-36-18-50(19-37-59)62(2,47-12-30-56(68)31-13-47)41-44-6-24-53(65)25-7-44)73-60-38-20-51(21-39-60)63(3,48-14-32-57(69)33-15-48)42-45-8-26-54(66)27-9-45/h4-39H,40-42,64-69H2,1-3H3. The Hall–Kier alpha value is -8.59. The van der Waals surface area contributed by atoms with Crippen LogP contribution in [0.25, 0.3) is 0 Å². The quantitative estimate of drug-likeness (QED) is 0.0355. The van der Waals surface area contributed by atoms with Crippen molar-refractivity contribution in [3.05, 3.63) is 268 Å². The molecule has 11 heteroatoms. The second-order valence-corrected chi connectivity index (χ2v) is 21.4. The summed E-state index contributed by atoms with van der Waals surface area (Å²) in [6.07, 6.45) is 2.01. The third-order valence-electron chi connectivity index (χ3n) is 14.4. The van der Waals surface area contributed by atoms with E-state index in [-0.39, 0.29) is 17.2 Å². The SMILES string of the molecule is CC(Cc1ccc(N)cc1)(c1ccc(N)cc1)c1ccc(OP(=O)(Oc2ccc(C(C)(Cc3ccc(N)cc3)c3ccc(N)cc3)cc2)Oc2ccc(C(C)(Cc3ccc(N)cc3)c3ccc(N)cc3)cc2)cc1. The fourth-order valence-electron chi connectivity index (χ4n) is 9.89. The summed E-state index contributed by atoms with van der Waals surface area (Å²) in [4.78, 5) is 0. The van der Waals surface area contributed by atoms with Crippen molar-refractivity contribution in [2.45, 2.75) is 56.3 Å². The van der Waals surface area contributed by atoms with Crippen LogP contribution in [-0.4, -0.2) is 0 Å². The summed E-state index contributed by atoms with van der Waals surface area (Å²) >= 11 is 0. The Morgan fingerprint density at radius 3 is 0.635 bits per heavy atom. The second-order valence-electron chi connectivity index (χ2n) is 19.9. The Balaban J connectivity index is 1.05. The van der Waals surface area contributed by atoms with Gasteiger partial charge in [0.1, 0.15) is 17.2 Å². The molecular weight excluding hydrogens is 936 g/mol. The van der Waals surface area contributed by atoms with Crippen LogP contribution in [0.1, 0.15) is 70.8 Å². The van der Waals surface area contributed by atoms with E-state index in [4.69, 9.17) is 48.0 Å². The molecule has 9 aromatic rings. The Morgan fingerprint density at radius 1 is 0.284 bits per heavy atom. The zero-order chi connectivity index (χ0) is 52.1. The predicted octanol–water partition coefficient (Wildman–Crippen LogP) is 13.5. The molecule has 9 rings (SSSR count). The molecular formula is C63H63N6O4P. The molecule has 0 spiro atoms. The highest BCUT2D eigenvalue weighted by atomic mass is 31.2. The molecule has 3 unspecified atom stereocenters. The topological polar surface area (TPSA) is 201 Å². The van der Waals surface area contributed by atoms with Gasteiger partial charge in [-0.25, -0.2) is 0 Å². The van der Waals surface area contributed by atoms with E-state index in [9.17, 15) is 0 Å². The first-order valence-corrected chi connectivity index (χ1v) is 26.0. The van der Waals surface area contributed by atoms with Crippen LogP contribution >= 0.6 is 7.82 Å². The van der Waals surface area contributed by atoms with Crippen LogP contribution in [0.2, 0.25) is 0 Å². The average Bonchev–Trinajstić information content (AvgIpc) is 3.39. The molecule has 0 aromatic heterocycles. The van der Waals surface area contributed by atoms with Gasteiger partial charge in [-0.3, -0.25) is 0 Å². The van der Waals surface area contributed by atoms with Gasteiger partial charge in [-0.2, -0.15) is 4.57 Å². The third kappa shape index (κ3) is 11.4. The van der Waals surface area contributed by atoms with E-state index in [1.54, 1.807) is 36.4 Å². The summed E-state index contributed by atoms with van der Waals surface area (Å²) in [6, 6.07) is 70.2. The van der Waals surface area contributed by atoms with Crippen molar-refractivity contribution in [2.24, 2.45) is 0 Å². The molecule has 374 valence electrons. The minimum atomic E-state index is -4.50. The third-order valence-corrected chi connectivity index (χ3v) is 15.7. The van der Waals surface area contributed by atoms with Gasteiger partial charge >= 0.3 is 7.82 Å². The predicted molar refractivity (Wildman–Crippen MR) is 304 cm³/mol. The molecule has 0 aliphatic heterocycles. The number of hydrogen-bond acceptors (Lipinski definition) is 10. The maximum atomic E-state index is 15.4. The number of phosphoric acid groups is 1. The fourth-order valence-corrected chi connectivity index (χ4v) is 11.1. The average molecular weight is 999 g/mol. The summed E-state index contributed by atoms with van der Waals surface area (Å²) < 4.78 is 34.6. The number of anilines is 6. The van der Waals surface area contributed by atoms with Gasteiger partial charge in [0.25, 0.3) is 0 Å². The van der Waals surface area contributed by atoms with Crippen LogP contribution in [0, 0.1) is 0 Å². The normalized spacial score (nSPS) is 14.6. The van der Waals surface area contributed by atoms with Crippen LogP contribution in [0.15, 0.2) is 218 Å². The van der Waals surface area contributed by atoms with E-state index in [1.807, 2.05) is 146 Å². The molecule has 10 nitrogen and oxygen atoms in total. The lowest BCUT2D eigenvalue weighted by molar-refractivity contribution is 0.298. The molecule has 74 heavy (non-hydrogen) atoms. The Labute approximate surface area is 434 Å². The first kappa shape index (κ1) is 50.4. The molecule has 0 heterocycles. The molecule has 0 radical (unpaired) electrons. The first-order valence-electron chi connectivity index (χ1n) is 24.6. The number of nitrogen functional groups attached to an aromatic ring is 6. The Kier molecular flexibility index (Phi) is 14.2. The number of nitrogens with two attached hydrogens (primary N) is 6. The van der Waals surface area contributed by atoms with Gasteiger partial charge in [-0.05, 0) is 179 Å². The summed E-state index contributed by atoms with van der Waals surface area (Å²) in [5.74, 6) is 0.865. The maximum absolute atomic E-state index is 15.4. The van der Waals surface area contributed by atoms with Gasteiger partial charge in [-0.1, -0.05) is 130 Å². The van der Waals surface area contributed by atoms with Crippen molar-refractivity contribution in [3.8, 4) is 17.2 Å². The largest absolute Gasteiger partial charge is 0.647 e. The van der Waals surface area contributed by atoms with Crippen LogP contribution in [0.5, 0.6) is 17.2 Å². The van der Waals surface area contributed by atoms with Crippen LogP contribution in [-0.2, 0) is 40.1 Å². The molecule has 0 amide bonds. The lowest BCUT2D eigenvalue weighted by Crippen LogP contribution is -2.27. The fraction of sp³-hybridized carbons (Fsp3) is 0.143. The monoisotopic (exact) mass is 998 g/mol. The second kappa shape index (κ2) is 20.9. The molecule has 0 saturated heterocycles. The van der Waals surface area contributed by atoms with Crippen molar-refractivity contribution in [2.75, 3.05) is 34.4 Å². The molecule has 3 atom stereocenters. The molecule has 0 aliphatic carbocycles. The zero-order valence-electron chi connectivity index (χ0n) is 42.0. The highest BCUT2D eigenvalue weighted by molar-refractivity contribution is 7.49. The van der Waals surface area contributed by atoms with Gasteiger partial charge in [0.15, 0.2) is 0 Å². The Morgan fingerprint density at radius 2 is 0.446 bits per heavy atom. The highest BCUT2D eigenvalue weighted by Gasteiger charge is 2.37. The van der Waals surface area contributed by atoms with Gasteiger partial charge in [0, 0.05) is 50.4 Å². The highest BCUT2D eigenvalue weighted by Crippen LogP contribution is 2.51. The summed E-state index contributed by atoms with van der Waals surface area (Å²) in [6.45, 7) is 6.57. The van der Waals surface area contributed by atoms with Gasteiger partial charge < -0.3 is 48.0 Å². The molecule has 12 N–H and O–H groups in total.